The summed E-state index contributed by atoms with van der Waals surface area (Å²) in [6.45, 7) is 15.0. The second-order valence-corrected chi connectivity index (χ2v) is 17.1. The van der Waals surface area contributed by atoms with Crippen molar-refractivity contribution in [3.8, 4) is 5.75 Å². The van der Waals surface area contributed by atoms with E-state index < -0.39 is 6.16 Å². The van der Waals surface area contributed by atoms with Crippen LogP contribution in [-0.2, 0) is 4.74 Å². The Morgan fingerprint density at radius 3 is 2.33 bits per heavy atom. The fraction of sp³-hybridized carbons (Fsp3) is 0.791. The van der Waals surface area contributed by atoms with Crippen LogP contribution in [0.15, 0.2) is 42.0 Å². The minimum Gasteiger partial charge on any atom is -0.430 e. The highest BCUT2D eigenvalue weighted by Crippen LogP contribution is 2.68. The molecule has 0 spiro atoms. The van der Waals surface area contributed by atoms with E-state index in [1.165, 1.54) is 96.3 Å². The normalized spacial score (nSPS) is 34.3. The Hall–Kier alpha value is -1.77. The lowest BCUT2D eigenvalue weighted by molar-refractivity contribution is -0.0707. The number of unbranched alkanes of at least 4 members (excludes halogenated alkanes) is 6. The van der Waals surface area contributed by atoms with E-state index in [-0.39, 0.29) is 11.5 Å². The van der Waals surface area contributed by atoms with Crippen LogP contribution in [0.25, 0.3) is 0 Å². The zero-order chi connectivity index (χ0) is 32.7. The van der Waals surface area contributed by atoms with Crippen molar-refractivity contribution in [1.29, 1.82) is 0 Å². The lowest BCUT2D eigenvalue weighted by Crippen LogP contribution is -2.53. The van der Waals surface area contributed by atoms with Gasteiger partial charge in [0.1, 0.15) is 11.9 Å². The number of benzene rings is 1. The predicted molar refractivity (Wildman–Crippen MR) is 192 cm³/mol. The van der Waals surface area contributed by atoms with E-state index in [4.69, 9.17) is 9.47 Å². The Morgan fingerprint density at radius 2 is 1.59 bits per heavy atom. The van der Waals surface area contributed by atoms with Gasteiger partial charge < -0.3 is 9.47 Å². The van der Waals surface area contributed by atoms with Crippen LogP contribution in [0.1, 0.15) is 157 Å². The molecule has 3 fully saturated rings. The molecule has 0 bridgehead atoms. The van der Waals surface area contributed by atoms with Gasteiger partial charge in [-0.25, -0.2) is 4.79 Å². The van der Waals surface area contributed by atoms with Gasteiger partial charge in [0.05, 0.1) is 0 Å². The van der Waals surface area contributed by atoms with Gasteiger partial charge >= 0.3 is 6.16 Å². The average Bonchev–Trinajstić information content (AvgIpc) is 3.39. The van der Waals surface area contributed by atoms with Gasteiger partial charge in [0.15, 0.2) is 0 Å². The highest BCUT2D eigenvalue weighted by molar-refractivity contribution is 5.64. The topological polar surface area (TPSA) is 35.5 Å². The van der Waals surface area contributed by atoms with Crippen molar-refractivity contribution < 1.29 is 14.3 Å². The van der Waals surface area contributed by atoms with E-state index in [2.05, 4.69) is 47.6 Å². The Bertz CT molecular complexity index is 1120. The van der Waals surface area contributed by atoms with Gasteiger partial charge in [0.25, 0.3) is 0 Å². The molecular weight excluding hydrogens is 564 g/mol. The molecule has 0 saturated heterocycles. The Morgan fingerprint density at radius 1 is 0.848 bits per heavy atom. The van der Waals surface area contributed by atoms with Crippen molar-refractivity contribution in [3.63, 3.8) is 0 Å². The maximum atomic E-state index is 13.1. The second-order valence-electron chi connectivity index (χ2n) is 17.1. The molecule has 3 heteroatoms. The van der Waals surface area contributed by atoms with Crippen LogP contribution in [0.2, 0.25) is 0 Å². The fourth-order valence-corrected chi connectivity index (χ4v) is 11.4. The number of hydrogen-bond donors (Lipinski definition) is 0. The first-order valence-electron chi connectivity index (χ1n) is 19.8. The van der Waals surface area contributed by atoms with Gasteiger partial charge in [-0.2, -0.15) is 0 Å². The third kappa shape index (κ3) is 7.92. The van der Waals surface area contributed by atoms with Crippen molar-refractivity contribution in [2.75, 3.05) is 0 Å². The van der Waals surface area contributed by atoms with Gasteiger partial charge in [-0.1, -0.05) is 136 Å². The molecule has 0 aromatic heterocycles. The summed E-state index contributed by atoms with van der Waals surface area (Å²) in [5, 5.41) is 0. The van der Waals surface area contributed by atoms with Gasteiger partial charge in [-0.15, -0.1) is 0 Å². The molecule has 0 radical (unpaired) electrons. The minimum atomic E-state index is -0.536. The Balaban J connectivity index is 1.29. The smallest absolute Gasteiger partial charge is 0.430 e. The number of allylic oxidation sites excluding steroid dienone is 1. The van der Waals surface area contributed by atoms with Crippen LogP contribution in [0.3, 0.4) is 0 Å². The Labute approximate surface area is 283 Å². The summed E-state index contributed by atoms with van der Waals surface area (Å²) >= 11 is 0. The number of hydrogen-bond acceptors (Lipinski definition) is 3. The summed E-state index contributed by atoms with van der Waals surface area (Å²) in [6.07, 6.45) is 25.6. The van der Waals surface area contributed by atoms with Crippen molar-refractivity contribution in [3.05, 3.63) is 42.0 Å². The minimum absolute atomic E-state index is 0.0800. The molecule has 1 unspecified atom stereocenters. The highest BCUT2D eigenvalue weighted by atomic mass is 16.7. The first-order valence-corrected chi connectivity index (χ1v) is 19.8. The molecule has 4 aliphatic carbocycles. The van der Waals surface area contributed by atoms with Crippen LogP contribution in [-0.4, -0.2) is 12.3 Å². The van der Waals surface area contributed by atoms with E-state index in [0.717, 1.165) is 54.8 Å². The third-order valence-corrected chi connectivity index (χ3v) is 13.8. The first kappa shape index (κ1) is 35.5. The number of fused-ring (bicyclic) bond motifs is 5. The first-order chi connectivity index (χ1) is 22.2. The summed E-state index contributed by atoms with van der Waals surface area (Å²) in [7, 11) is 0. The fourth-order valence-electron chi connectivity index (χ4n) is 11.4. The molecule has 9 atom stereocenters. The maximum Gasteiger partial charge on any atom is 0.514 e. The van der Waals surface area contributed by atoms with E-state index in [9.17, 15) is 4.79 Å². The average molecular weight is 633 g/mol. The number of rotatable bonds is 15. The molecular formula is C43H68O3. The maximum absolute atomic E-state index is 13.1. The summed E-state index contributed by atoms with van der Waals surface area (Å²) in [4.78, 5) is 13.1. The largest absolute Gasteiger partial charge is 0.514 e. The molecule has 3 nitrogen and oxygen atoms in total. The quantitative estimate of drug-likeness (QED) is 0.0835. The number of ether oxygens (including phenoxy) is 2. The second kappa shape index (κ2) is 16.1. The molecule has 0 aliphatic heterocycles. The molecule has 5 rings (SSSR count). The summed E-state index contributed by atoms with van der Waals surface area (Å²) < 4.78 is 11.9. The highest BCUT2D eigenvalue weighted by Gasteiger charge is 2.60. The molecule has 258 valence electrons. The van der Waals surface area contributed by atoms with Crippen LogP contribution in [0.5, 0.6) is 5.75 Å². The lowest BCUT2D eigenvalue weighted by atomic mass is 9.45. The molecule has 0 amide bonds. The van der Waals surface area contributed by atoms with Crippen LogP contribution >= 0.6 is 0 Å². The van der Waals surface area contributed by atoms with Crippen LogP contribution in [0.4, 0.5) is 4.79 Å². The summed E-state index contributed by atoms with van der Waals surface area (Å²) in [6, 6.07) is 9.40. The number of carbonyl (C=O) groups excluding carboxylic acids is 1. The van der Waals surface area contributed by atoms with E-state index in [1.54, 1.807) is 5.57 Å². The molecule has 4 aliphatic rings. The van der Waals surface area contributed by atoms with Crippen molar-refractivity contribution in [1.82, 2.24) is 0 Å². The molecule has 3 saturated carbocycles. The summed E-state index contributed by atoms with van der Waals surface area (Å²) in [5.41, 5.74) is 2.39. The number of para-hydroxylation sites is 1. The van der Waals surface area contributed by atoms with Gasteiger partial charge in [0, 0.05) is 5.92 Å². The lowest BCUT2D eigenvalue weighted by Gasteiger charge is -2.59. The SMILES string of the molecule is CCCCCCCCCC1C2=CC[C@H]3[C@@H]4CC[C@H]([C@H](C)CCCC(C)C)[C@@]4(C)CC[C@@H]3[C@@]2(C)CC[C@@H]1OC(=O)Oc1ccccc1. The number of carbonyl (C=O) groups is 1. The van der Waals surface area contributed by atoms with Gasteiger partial charge in [0.2, 0.25) is 0 Å². The predicted octanol–water partition coefficient (Wildman–Crippen LogP) is 13.0. The molecule has 1 aromatic rings. The van der Waals surface area contributed by atoms with Crippen molar-refractivity contribution in [2.24, 2.45) is 52.3 Å². The van der Waals surface area contributed by atoms with E-state index in [0.29, 0.717) is 17.1 Å². The molecule has 0 heterocycles. The van der Waals surface area contributed by atoms with Crippen molar-refractivity contribution >= 4 is 6.16 Å². The molecule has 46 heavy (non-hydrogen) atoms. The van der Waals surface area contributed by atoms with E-state index >= 15 is 0 Å². The zero-order valence-electron chi connectivity index (χ0n) is 30.5. The van der Waals surface area contributed by atoms with Crippen LogP contribution < -0.4 is 4.74 Å². The molecule has 1 aromatic carbocycles. The van der Waals surface area contributed by atoms with Crippen molar-refractivity contribution in [2.45, 2.75) is 163 Å². The van der Waals surface area contributed by atoms with Gasteiger partial charge in [-0.3, -0.25) is 0 Å². The van der Waals surface area contributed by atoms with Gasteiger partial charge in [-0.05, 0) is 110 Å². The van der Waals surface area contributed by atoms with E-state index in [1.807, 2.05) is 30.3 Å². The molecule has 0 N–H and O–H groups in total. The standard InChI is InChI=1S/C43H68O3/c1-7-8-9-10-11-12-16-22-35-38-24-23-34-37-26-25-36(32(4)19-17-18-31(2)3)42(37,5)29-27-39(34)43(38,6)30-28-40(35)46-41(44)45-33-20-14-13-15-21-33/h13-15,20-21,24,31-32,34-37,39-40H,7-12,16-19,22-23,25-30H2,1-6H3/t32-,34+,35?,36-,37+,39+,40+,42-,43+/m1/s1. The monoisotopic (exact) mass is 633 g/mol. The summed E-state index contributed by atoms with van der Waals surface area (Å²) in [5.74, 6) is 5.92. The third-order valence-electron chi connectivity index (χ3n) is 13.8. The Kier molecular flexibility index (Phi) is 12.4. The zero-order valence-corrected chi connectivity index (χ0v) is 30.5. The van der Waals surface area contributed by atoms with Crippen LogP contribution in [0, 0.1) is 52.3 Å².